The highest BCUT2D eigenvalue weighted by molar-refractivity contribution is 6.31. The first-order chi connectivity index (χ1) is 12.2. The lowest BCUT2D eigenvalue weighted by molar-refractivity contribution is -0.118. The van der Waals surface area contributed by atoms with Crippen LogP contribution in [0.3, 0.4) is 0 Å². The molecule has 130 valence electrons. The third kappa shape index (κ3) is 5.51. The quantitative estimate of drug-likeness (QED) is 0.693. The third-order valence-electron chi connectivity index (χ3n) is 3.77. The summed E-state index contributed by atoms with van der Waals surface area (Å²) in [6.45, 7) is 2.88. The maximum absolute atomic E-state index is 12.7. The molecule has 4 nitrogen and oxygen atoms in total. The highest BCUT2D eigenvalue weighted by atomic mass is 35.5. The summed E-state index contributed by atoms with van der Waals surface area (Å²) < 4.78 is 5.43. The standard InChI is InChI=1S/C20H21ClN2O2/c1-2-25-18-11-9-17(10-12-18)23(15-5-14-22)20(24)13-8-16-6-3-4-7-19(16)21/h3-4,6-7,9-12H,2,5,8,13,15H2,1H3. The number of aryl methyl sites for hydroxylation is 1. The van der Waals surface area contributed by atoms with Gasteiger partial charge in [0.1, 0.15) is 5.75 Å². The lowest BCUT2D eigenvalue weighted by Gasteiger charge is -2.22. The van der Waals surface area contributed by atoms with Gasteiger partial charge in [-0.2, -0.15) is 5.26 Å². The van der Waals surface area contributed by atoms with E-state index in [-0.39, 0.29) is 12.3 Å². The van der Waals surface area contributed by atoms with Gasteiger partial charge in [0.2, 0.25) is 5.91 Å². The molecule has 2 aromatic rings. The van der Waals surface area contributed by atoms with E-state index in [9.17, 15) is 4.79 Å². The Hall–Kier alpha value is -2.51. The number of hydrogen-bond acceptors (Lipinski definition) is 3. The second kappa shape index (κ2) is 9.71. The predicted molar refractivity (Wildman–Crippen MR) is 100.0 cm³/mol. The number of ether oxygens (including phenoxy) is 1. The van der Waals surface area contributed by atoms with Crippen molar-refractivity contribution in [2.45, 2.75) is 26.2 Å². The number of rotatable bonds is 8. The minimum atomic E-state index is -0.0284. The van der Waals surface area contributed by atoms with Crippen LogP contribution in [0.2, 0.25) is 5.02 Å². The van der Waals surface area contributed by atoms with E-state index >= 15 is 0 Å². The van der Waals surface area contributed by atoms with Gasteiger partial charge in [-0.1, -0.05) is 29.8 Å². The van der Waals surface area contributed by atoms with Crippen molar-refractivity contribution in [1.82, 2.24) is 0 Å². The summed E-state index contributed by atoms with van der Waals surface area (Å²) in [5.41, 5.74) is 1.72. The van der Waals surface area contributed by atoms with Crippen molar-refractivity contribution in [2.24, 2.45) is 0 Å². The zero-order valence-electron chi connectivity index (χ0n) is 14.2. The smallest absolute Gasteiger partial charge is 0.227 e. The summed E-state index contributed by atoms with van der Waals surface area (Å²) >= 11 is 6.15. The maximum atomic E-state index is 12.7. The Morgan fingerprint density at radius 1 is 1.20 bits per heavy atom. The lowest BCUT2D eigenvalue weighted by Crippen LogP contribution is -2.32. The topological polar surface area (TPSA) is 53.3 Å². The molecule has 0 fully saturated rings. The van der Waals surface area contributed by atoms with Gasteiger partial charge in [-0.05, 0) is 49.2 Å². The van der Waals surface area contributed by atoms with E-state index in [1.807, 2.05) is 55.5 Å². The summed E-state index contributed by atoms with van der Waals surface area (Å²) in [5, 5.41) is 9.54. The largest absolute Gasteiger partial charge is 0.494 e. The molecule has 0 heterocycles. The van der Waals surface area contributed by atoms with E-state index in [0.717, 1.165) is 17.0 Å². The first-order valence-corrected chi connectivity index (χ1v) is 8.67. The average molecular weight is 357 g/mol. The van der Waals surface area contributed by atoms with Gasteiger partial charge in [0.25, 0.3) is 0 Å². The molecule has 1 amide bonds. The van der Waals surface area contributed by atoms with E-state index in [0.29, 0.717) is 31.0 Å². The van der Waals surface area contributed by atoms with E-state index < -0.39 is 0 Å². The molecule has 2 aromatic carbocycles. The van der Waals surface area contributed by atoms with Crippen LogP contribution in [-0.2, 0) is 11.2 Å². The average Bonchev–Trinajstić information content (AvgIpc) is 2.63. The van der Waals surface area contributed by atoms with Crippen molar-refractivity contribution in [1.29, 1.82) is 5.26 Å². The fourth-order valence-electron chi connectivity index (χ4n) is 2.53. The second-order valence-corrected chi connectivity index (χ2v) is 5.88. The van der Waals surface area contributed by atoms with Crippen molar-refractivity contribution in [3.8, 4) is 11.8 Å². The van der Waals surface area contributed by atoms with Crippen molar-refractivity contribution in [3.63, 3.8) is 0 Å². The van der Waals surface area contributed by atoms with Crippen molar-refractivity contribution >= 4 is 23.2 Å². The van der Waals surface area contributed by atoms with Crippen LogP contribution in [-0.4, -0.2) is 19.1 Å². The summed E-state index contributed by atoms with van der Waals surface area (Å²) in [7, 11) is 0. The van der Waals surface area contributed by atoms with Gasteiger partial charge < -0.3 is 9.64 Å². The third-order valence-corrected chi connectivity index (χ3v) is 4.14. The SMILES string of the molecule is CCOc1ccc(N(CCC#N)C(=O)CCc2ccccc2Cl)cc1. The van der Waals surface area contributed by atoms with Crippen LogP contribution in [0.15, 0.2) is 48.5 Å². The summed E-state index contributed by atoms with van der Waals surface area (Å²) in [4.78, 5) is 14.3. The number of nitriles is 1. The van der Waals surface area contributed by atoms with Crippen molar-refractivity contribution in [3.05, 3.63) is 59.1 Å². The van der Waals surface area contributed by atoms with Gasteiger partial charge in [-0.15, -0.1) is 0 Å². The lowest BCUT2D eigenvalue weighted by atomic mass is 10.1. The molecule has 0 aromatic heterocycles. The van der Waals surface area contributed by atoms with Crippen LogP contribution < -0.4 is 9.64 Å². The van der Waals surface area contributed by atoms with E-state index in [4.69, 9.17) is 21.6 Å². The molecule has 0 radical (unpaired) electrons. The van der Waals surface area contributed by atoms with Gasteiger partial charge in [-0.3, -0.25) is 4.79 Å². The molecule has 0 unspecified atom stereocenters. The fourth-order valence-corrected chi connectivity index (χ4v) is 2.76. The van der Waals surface area contributed by atoms with E-state index in [2.05, 4.69) is 6.07 Å². The summed E-state index contributed by atoms with van der Waals surface area (Å²) in [6.07, 6.45) is 1.19. The van der Waals surface area contributed by atoms with Crippen molar-refractivity contribution in [2.75, 3.05) is 18.1 Å². The summed E-state index contributed by atoms with van der Waals surface area (Å²) in [5.74, 6) is 0.731. The molecule has 2 rings (SSSR count). The van der Waals surface area contributed by atoms with Gasteiger partial charge in [0.15, 0.2) is 0 Å². The highest BCUT2D eigenvalue weighted by Gasteiger charge is 2.16. The monoisotopic (exact) mass is 356 g/mol. The van der Waals surface area contributed by atoms with Crippen LogP contribution in [0, 0.1) is 11.3 Å². The number of anilines is 1. The Morgan fingerprint density at radius 2 is 1.92 bits per heavy atom. The maximum Gasteiger partial charge on any atom is 0.227 e. The number of halogens is 1. The van der Waals surface area contributed by atoms with Crippen LogP contribution in [0.5, 0.6) is 5.75 Å². The second-order valence-electron chi connectivity index (χ2n) is 5.47. The van der Waals surface area contributed by atoms with Gasteiger partial charge in [0, 0.05) is 23.7 Å². The normalized spacial score (nSPS) is 10.1. The van der Waals surface area contributed by atoms with Crippen LogP contribution in [0.1, 0.15) is 25.3 Å². The minimum Gasteiger partial charge on any atom is -0.494 e. The predicted octanol–water partition coefficient (Wildman–Crippen LogP) is 4.62. The highest BCUT2D eigenvalue weighted by Crippen LogP contribution is 2.22. The first kappa shape index (κ1) is 18.8. The van der Waals surface area contributed by atoms with Crippen molar-refractivity contribution < 1.29 is 9.53 Å². The van der Waals surface area contributed by atoms with Gasteiger partial charge >= 0.3 is 0 Å². The van der Waals surface area contributed by atoms with E-state index in [1.165, 1.54) is 0 Å². The molecule has 0 atom stereocenters. The molecule has 0 bridgehead atoms. The number of amides is 1. The number of carbonyl (C=O) groups excluding carboxylic acids is 1. The molecule has 0 N–H and O–H groups in total. The summed E-state index contributed by atoms with van der Waals surface area (Å²) in [6, 6.07) is 17.0. The number of nitrogens with zero attached hydrogens (tertiary/aromatic N) is 2. The fraction of sp³-hybridized carbons (Fsp3) is 0.300. The van der Waals surface area contributed by atoms with E-state index in [1.54, 1.807) is 4.90 Å². The Labute approximate surface area is 153 Å². The molecule has 0 aliphatic carbocycles. The van der Waals surface area contributed by atoms with Crippen LogP contribution in [0.25, 0.3) is 0 Å². The van der Waals surface area contributed by atoms with Crippen LogP contribution in [0.4, 0.5) is 5.69 Å². The van der Waals surface area contributed by atoms with Gasteiger partial charge in [-0.25, -0.2) is 0 Å². The van der Waals surface area contributed by atoms with Gasteiger partial charge in [0.05, 0.1) is 19.1 Å². The van der Waals surface area contributed by atoms with Crippen LogP contribution >= 0.6 is 11.6 Å². The molecule has 25 heavy (non-hydrogen) atoms. The number of benzene rings is 2. The molecule has 0 aliphatic rings. The minimum absolute atomic E-state index is 0.0284. The number of hydrogen-bond donors (Lipinski definition) is 0. The Balaban J connectivity index is 2.09. The molecular weight excluding hydrogens is 336 g/mol. The Kier molecular flexibility index (Phi) is 7.31. The zero-order chi connectivity index (χ0) is 18.1. The molecule has 0 saturated heterocycles. The molecule has 0 spiro atoms. The molecular formula is C20H21ClN2O2. The molecule has 5 heteroatoms. The number of carbonyl (C=O) groups is 1. The Morgan fingerprint density at radius 3 is 2.56 bits per heavy atom. The Bertz CT molecular complexity index is 738. The zero-order valence-corrected chi connectivity index (χ0v) is 15.0. The molecule has 0 saturated carbocycles. The molecule has 0 aliphatic heterocycles. The first-order valence-electron chi connectivity index (χ1n) is 8.29.